The largest absolute Gasteiger partial charge is 0.478 e. The summed E-state index contributed by atoms with van der Waals surface area (Å²) in [6.45, 7) is 1.33. The minimum Gasteiger partial charge on any atom is -0.478 e. The Balaban J connectivity index is 3.21. The minimum absolute atomic E-state index is 0.0562. The average molecular weight is 196 g/mol. The second-order valence-electron chi connectivity index (χ2n) is 2.96. The molecular weight excluding hydrogens is 187 g/mol. The van der Waals surface area contributed by atoms with E-state index in [1.807, 2.05) is 0 Å². The van der Waals surface area contributed by atoms with Gasteiger partial charge >= 0.3 is 5.97 Å². The quantitative estimate of drug-likeness (QED) is 0.799. The zero-order valence-electron chi connectivity index (χ0n) is 7.58. The van der Waals surface area contributed by atoms with Gasteiger partial charge < -0.3 is 5.11 Å². The van der Waals surface area contributed by atoms with Crippen molar-refractivity contribution in [1.29, 1.82) is 0 Å². The Labute approximate surface area is 80.2 Å². The third-order valence-electron chi connectivity index (χ3n) is 1.75. The van der Waals surface area contributed by atoms with Crippen molar-refractivity contribution in [2.75, 3.05) is 0 Å². The molecule has 3 nitrogen and oxygen atoms in total. The maximum absolute atomic E-state index is 13.1. The molecule has 74 valence electrons. The van der Waals surface area contributed by atoms with Crippen LogP contribution in [0, 0.1) is 5.82 Å². The van der Waals surface area contributed by atoms with E-state index in [1.165, 1.54) is 19.1 Å². The number of ketones is 1. The molecule has 0 aliphatic heterocycles. The molecule has 0 aliphatic rings. The first kappa shape index (κ1) is 10.4. The summed E-state index contributed by atoms with van der Waals surface area (Å²) in [6, 6.07) is 3.89. The van der Waals surface area contributed by atoms with Gasteiger partial charge in [0.25, 0.3) is 0 Å². The molecule has 0 spiro atoms. The lowest BCUT2D eigenvalue weighted by Crippen LogP contribution is -2.08. The van der Waals surface area contributed by atoms with Crippen LogP contribution < -0.4 is 0 Å². The third kappa shape index (κ3) is 2.16. The molecule has 1 rings (SSSR count). The van der Waals surface area contributed by atoms with E-state index in [1.54, 1.807) is 0 Å². The number of rotatable bonds is 3. The van der Waals surface area contributed by atoms with E-state index >= 15 is 0 Å². The zero-order valence-corrected chi connectivity index (χ0v) is 7.58. The number of benzene rings is 1. The molecule has 0 heterocycles. The van der Waals surface area contributed by atoms with Crippen molar-refractivity contribution >= 4 is 11.8 Å². The first-order valence-electron chi connectivity index (χ1n) is 4.02. The monoisotopic (exact) mass is 196 g/mol. The summed E-state index contributed by atoms with van der Waals surface area (Å²) in [4.78, 5) is 21.5. The molecule has 0 bridgehead atoms. The molecule has 4 heteroatoms. The lowest BCUT2D eigenvalue weighted by molar-refractivity contribution is -0.116. The van der Waals surface area contributed by atoms with Gasteiger partial charge in [0.15, 0.2) is 0 Å². The van der Waals surface area contributed by atoms with Crippen LogP contribution in [0.3, 0.4) is 0 Å². The highest BCUT2D eigenvalue weighted by atomic mass is 19.1. The van der Waals surface area contributed by atoms with Crippen LogP contribution in [0.5, 0.6) is 0 Å². The number of Topliss-reactive ketones (excluding diaryl/α,β-unsaturated/α-hetero) is 1. The summed E-state index contributed by atoms with van der Waals surface area (Å²) in [5.41, 5.74) is -0.201. The number of carboxylic acid groups (broad SMARTS) is 1. The summed E-state index contributed by atoms with van der Waals surface area (Å²) in [5.74, 6) is -2.35. The lowest BCUT2D eigenvalue weighted by atomic mass is 10.0. The third-order valence-corrected chi connectivity index (χ3v) is 1.75. The minimum atomic E-state index is -1.35. The fourth-order valence-electron chi connectivity index (χ4n) is 1.22. The van der Waals surface area contributed by atoms with Gasteiger partial charge in [-0.1, -0.05) is 12.1 Å². The van der Waals surface area contributed by atoms with Crippen LogP contribution >= 0.6 is 0 Å². The molecular formula is C10H9FO3. The number of hydrogen-bond acceptors (Lipinski definition) is 2. The fraction of sp³-hybridized carbons (Fsp3) is 0.200. The Bertz CT molecular complexity index is 385. The molecule has 0 radical (unpaired) electrons. The second-order valence-corrected chi connectivity index (χ2v) is 2.96. The van der Waals surface area contributed by atoms with E-state index in [-0.39, 0.29) is 17.8 Å². The predicted octanol–water partition coefficient (Wildman–Crippen LogP) is 1.66. The van der Waals surface area contributed by atoms with Crippen molar-refractivity contribution in [1.82, 2.24) is 0 Å². The van der Waals surface area contributed by atoms with E-state index in [0.717, 1.165) is 6.07 Å². The van der Waals surface area contributed by atoms with E-state index in [4.69, 9.17) is 5.11 Å². The molecule has 0 atom stereocenters. The van der Waals surface area contributed by atoms with Gasteiger partial charge in [0.2, 0.25) is 0 Å². The highest BCUT2D eigenvalue weighted by Crippen LogP contribution is 2.14. The molecule has 14 heavy (non-hydrogen) atoms. The summed E-state index contributed by atoms with van der Waals surface area (Å²) in [7, 11) is 0. The summed E-state index contributed by atoms with van der Waals surface area (Å²) in [5, 5.41) is 8.71. The molecule has 0 saturated heterocycles. The second kappa shape index (κ2) is 4.00. The van der Waals surface area contributed by atoms with Crippen LogP contribution in [-0.4, -0.2) is 16.9 Å². The highest BCUT2D eigenvalue weighted by Gasteiger charge is 2.15. The van der Waals surface area contributed by atoms with E-state index in [9.17, 15) is 14.0 Å². The number of carbonyl (C=O) groups excluding carboxylic acids is 1. The molecule has 1 N–H and O–H groups in total. The van der Waals surface area contributed by atoms with Gasteiger partial charge in [-0.25, -0.2) is 9.18 Å². The topological polar surface area (TPSA) is 54.4 Å². The van der Waals surface area contributed by atoms with Gasteiger partial charge in [0.05, 0.1) is 5.56 Å². The van der Waals surface area contributed by atoms with Gasteiger partial charge in [0, 0.05) is 6.42 Å². The fourth-order valence-corrected chi connectivity index (χ4v) is 1.22. The molecule has 0 saturated carbocycles. The molecule has 1 aromatic rings. The van der Waals surface area contributed by atoms with E-state index < -0.39 is 17.3 Å². The smallest absolute Gasteiger partial charge is 0.338 e. The van der Waals surface area contributed by atoms with E-state index in [0.29, 0.717) is 0 Å². The van der Waals surface area contributed by atoms with Crippen molar-refractivity contribution in [2.24, 2.45) is 0 Å². The standard InChI is InChI=1S/C10H9FO3/c1-6(12)5-7-3-2-4-8(11)9(7)10(13)14/h2-4H,5H2,1H3,(H,13,14). The van der Waals surface area contributed by atoms with Crippen molar-refractivity contribution in [3.63, 3.8) is 0 Å². The van der Waals surface area contributed by atoms with Gasteiger partial charge in [-0.05, 0) is 18.6 Å². The Morgan fingerprint density at radius 2 is 2.07 bits per heavy atom. The van der Waals surface area contributed by atoms with Crippen LogP contribution in [0.25, 0.3) is 0 Å². The highest BCUT2D eigenvalue weighted by molar-refractivity contribution is 5.91. The Hall–Kier alpha value is -1.71. The SMILES string of the molecule is CC(=O)Cc1cccc(F)c1C(=O)O. The number of carboxylic acids is 1. The van der Waals surface area contributed by atoms with Crippen molar-refractivity contribution in [2.45, 2.75) is 13.3 Å². The van der Waals surface area contributed by atoms with Gasteiger partial charge in [-0.2, -0.15) is 0 Å². The van der Waals surface area contributed by atoms with Crippen LogP contribution in [0.4, 0.5) is 4.39 Å². The van der Waals surface area contributed by atoms with Crippen LogP contribution in [0.15, 0.2) is 18.2 Å². The average Bonchev–Trinajstić information content (AvgIpc) is 2.01. The zero-order chi connectivity index (χ0) is 10.7. The number of aromatic carboxylic acids is 1. The van der Waals surface area contributed by atoms with Crippen LogP contribution in [-0.2, 0) is 11.2 Å². The number of hydrogen-bond donors (Lipinski definition) is 1. The summed E-state index contributed by atoms with van der Waals surface area (Å²) >= 11 is 0. The van der Waals surface area contributed by atoms with Crippen molar-refractivity contribution in [3.8, 4) is 0 Å². The van der Waals surface area contributed by atoms with Gasteiger partial charge in [-0.3, -0.25) is 4.79 Å². The van der Waals surface area contributed by atoms with Crippen LogP contribution in [0.1, 0.15) is 22.8 Å². The number of carbonyl (C=O) groups is 2. The van der Waals surface area contributed by atoms with Crippen molar-refractivity contribution in [3.05, 3.63) is 35.1 Å². The number of halogens is 1. The van der Waals surface area contributed by atoms with Gasteiger partial charge in [0.1, 0.15) is 11.6 Å². The summed E-state index contributed by atoms with van der Waals surface area (Å²) < 4.78 is 13.1. The van der Waals surface area contributed by atoms with Crippen molar-refractivity contribution < 1.29 is 19.1 Å². The molecule has 0 amide bonds. The first-order chi connectivity index (χ1) is 6.52. The normalized spacial score (nSPS) is 9.86. The lowest BCUT2D eigenvalue weighted by Gasteiger charge is -2.04. The van der Waals surface area contributed by atoms with Crippen LogP contribution in [0.2, 0.25) is 0 Å². The first-order valence-corrected chi connectivity index (χ1v) is 4.02. The maximum atomic E-state index is 13.1. The molecule has 1 aromatic carbocycles. The summed E-state index contributed by atoms with van der Waals surface area (Å²) in [6.07, 6.45) is -0.0562. The molecule has 0 fully saturated rings. The Morgan fingerprint density at radius 3 is 2.57 bits per heavy atom. The molecule has 0 aromatic heterocycles. The molecule has 0 aliphatic carbocycles. The predicted molar refractivity (Wildman–Crippen MR) is 47.7 cm³/mol. The van der Waals surface area contributed by atoms with E-state index in [2.05, 4.69) is 0 Å². The Kier molecular flexibility index (Phi) is 2.96. The van der Waals surface area contributed by atoms with Gasteiger partial charge in [-0.15, -0.1) is 0 Å². The molecule has 0 unspecified atom stereocenters. The Morgan fingerprint density at radius 1 is 1.43 bits per heavy atom. The maximum Gasteiger partial charge on any atom is 0.338 e.